The number of halogens is 1. The molecule has 1 aliphatic rings. The van der Waals surface area contributed by atoms with Gasteiger partial charge in [0.25, 0.3) is 0 Å². The summed E-state index contributed by atoms with van der Waals surface area (Å²) < 4.78 is 5.36. The van der Waals surface area contributed by atoms with Crippen LogP contribution in [0.3, 0.4) is 0 Å². The van der Waals surface area contributed by atoms with Gasteiger partial charge in [0, 0.05) is 5.70 Å². The topological polar surface area (TPSA) is 29.5 Å². The number of hydrogen-bond acceptors (Lipinski definition) is 2. The first kappa shape index (κ1) is 14.3. The quantitative estimate of drug-likeness (QED) is 0.317. The van der Waals surface area contributed by atoms with E-state index in [9.17, 15) is 4.79 Å². The Labute approximate surface area is 108 Å². The Kier molecular flexibility index (Phi) is 6.30. The van der Waals surface area contributed by atoms with E-state index in [2.05, 4.69) is 13.5 Å². The average Bonchev–Trinajstić information content (AvgIpc) is 2.35. The van der Waals surface area contributed by atoms with Gasteiger partial charge in [0.1, 0.15) is 12.6 Å². The minimum Gasteiger partial charge on any atom is -0.357 e. The minimum atomic E-state index is -0.0908. The Hall–Kier alpha value is -0.800. The smallest absolute Gasteiger partial charge is 0.243 e. The predicted molar refractivity (Wildman–Crippen MR) is 69.8 cm³/mol. The summed E-state index contributed by atoms with van der Waals surface area (Å²) >= 11 is 5.64. The van der Waals surface area contributed by atoms with Crippen LogP contribution in [0.4, 0.5) is 0 Å². The Bertz CT molecular complexity index is 313. The van der Waals surface area contributed by atoms with Gasteiger partial charge in [0.15, 0.2) is 0 Å². The van der Waals surface area contributed by atoms with Crippen molar-refractivity contribution >= 4 is 17.5 Å². The van der Waals surface area contributed by atoms with Crippen LogP contribution in [0.15, 0.2) is 23.9 Å². The molecule has 0 saturated carbocycles. The molecule has 0 spiro atoms. The fourth-order valence-electron chi connectivity index (χ4n) is 2.01. The van der Waals surface area contributed by atoms with E-state index in [1.165, 1.54) is 12.0 Å². The summed E-state index contributed by atoms with van der Waals surface area (Å²) in [6, 6.07) is 0. The molecule has 0 saturated heterocycles. The maximum absolute atomic E-state index is 11.8. The van der Waals surface area contributed by atoms with Crippen molar-refractivity contribution in [3.05, 3.63) is 23.9 Å². The first-order valence-electron chi connectivity index (χ1n) is 5.94. The number of rotatable bonds is 6. The highest BCUT2D eigenvalue weighted by atomic mass is 35.5. The maximum atomic E-state index is 11.8. The summed E-state index contributed by atoms with van der Waals surface area (Å²) in [7, 11) is 0. The van der Waals surface area contributed by atoms with Crippen LogP contribution in [0.5, 0.6) is 0 Å². The first-order chi connectivity index (χ1) is 8.20. The zero-order chi connectivity index (χ0) is 12.7. The van der Waals surface area contributed by atoms with E-state index in [1.54, 1.807) is 11.0 Å². The molecule has 0 aromatic carbocycles. The van der Waals surface area contributed by atoms with Crippen molar-refractivity contribution in [1.82, 2.24) is 4.90 Å². The second kappa shape index (κ2) is 7.51. The highest BCUT2D eigenvalue weighted by molar-refractivity contribution is 6.27. The van der Waals surface area contributed by atoms with Gasteiger partial charge in [-0.05, 0) is 32.6 Å². The van der Waals surface area contributed by atoms with Gasteiger partial charge < -0.3 is 4.74 Å². The molecular weight excluding hydrogens is 238 g/mol. The number of alkyl halides is 1. The summed E-state index contributed by atoms with van der Waals surface area (Å²) in [5, 5.41) is 0. The zero-order valence-electron chi connectivity index (χ0n) is 10.4. The lowest BCUT2D eigenvalue weighted by molar-refractivity contribution is -0.131. The van der Waals surface area contributed by atoms with Crippen LogP contribution in [0.1, 0.15) is 32.6 Å². The Morgan fingerprint density at radius 3 is 2.82 bits per heavy atom. The molecule has 0 aromatic heterocycles. The van der Waals surface area contributed by atoms with Gasteiger partial charge in [0.2, 0.25) is 5.91 Å². The summed E-state index contributed by atoms with van der Waals surface area (Å²) in [5.41, 5.74) is 2.36. The lowest BCUT2D eigenvalue weighted by Gasteiger charge is -2.29. The monoisotopic (exact) mass is 257 g/mol. The minimum absolute atomic E-state index is 0.00572. The second-order valence-electron chi connectivity index (χ2n) is 4.18. The third-order valence-corrected chi connectivity index (χ3v) is 3.13. The number of ether oxygens (including phenoxy) is 1. The molecule has 0 atom stereocenters. The normalized spacial score (nSPS) is 15.9. The van der Waals surface area contributed by atoms with Crippen molar-refractivity contribution < 1.29 is 9.53 Å². The molecule has 0 unspecified atom stereocenters. The van der Waals surface area contributed by atoms with Crippen LogP contribution in [0.2, 0.25) is 0 Å². The summed E-state index contributed by atoms with van der Waals surface area (Å²) in [6.45, 7) is 6.37. The van der Waals surface area contributed by atoms with Gasteiger partial charge in [0.05, 0.1) is 6.61 Å². The Morgan fingerprint density at radius 2 is 2.24 bits per heavy atom. The van der Waals surface area contributed by atoms with Crippen LogP contribution in [0.25, 0.3) is 0 Å². The predicted octanol–water partition coefficient (Wildman–Crippen LogP) is 3.06. The van der Waals surface area contributed by atoms with Crippen molar-refractivity contribution in [2.45, 2.75) is 32.6 Å². The molecule has 0 aromatic rings. The van der Waals surface area contributed by atoms with E-state index in [0.717, 1.165) is 25.0 Å². The van der Waals surface area contributed by atoms with E-state index in [4.69, 9.17) is 16.3 Å². The van der Waals surface area contributed by atoms with Gasteiger partial charge in [-0.3, -0.25) is 9.69 Å². The van der Waals surface area contributed by atoms with Crippen molar-refractivity contribution in [3.8, 4) is 0 Å². The van der Waals surface area contributed by atoms with Gasteiger partial charge >= 0.3 is 0 Å². The van der Waals surface area contributed by atoms with Gasteiger partial charge in [-0.1, -0.05) is 11.6 Å². The lowest BCUT2D eigenvalue weighted by Crippen LogP contribution is -2.35. The fourth-order valence-corrected chi connectivity index (χ4v) is 2.15. The number of carbonyl (C=O) groups is 1. The number of amides is 1. The molecule has 1 amide bonds. The molecule has 0 bridgehead atoms. The van der Waals surface area contributed by atoms with Gasteiger partial charge in [-0.2, -0.15) is 0 Å². The molecule has 1 aliphatic carbocycles. The molecular formula is C13H20ClNO2. The van der Waals surface area contributed by atoms with Crippen LogP contribution < -0.4 is 0 Å². The van der Waals surface area contributed by atoms with Crippen molar-refractivity contribution in [2.75, 3.05) is 19.2 Å². The largest absolute Gasteiger partial charge is 0.357 e. The second-order valence-corrected chi connectivity index (χ2v) is 4.45. The number of hydrogen-bond donors (Lipinski definition) is 0. The maximum Gasteiger partial charge on any atom is 0.243 e. The fraction of sp³-hybridized carbons (Fsp3) is 0.615. The standard InChI is InChI=1S/C13H20ClNO2/c1-3-8-17-10-15(13(16)9-14)12-7-5-4-6-11(12)2/h3H,1,4-10H2,2H3. The molecule has 0 fully saturated rings. The molecule has 0 N–H and O–H groups in total. The van der Waals surface area contributed by atoms with Crippen molar-refractivity contribution in [3.63, 3.8) is 0 Å². The highest BCUT2D eigenvalue weighted by Gasteiger charge is 2.21. The van der Waals surface area contributed by atoms with E-state index in [-0.39, 0.29) is 18.5 Å². The zero-order valence-corrected chi connectivity index (χ0v) is 11.1. The van der Waals surface area contributed by atoms with E-state index >= 15 is 0 Å². The first-order valence-corrected chi connectivity index (χ1v) is 6.47. The SMILES string of the molecule is C=CCOCN(C(=O)CCl)C1=C(C)CCCC1. The summed E-state index contributed by atoms with van der Waals surface area (Å²) in [6.07, 6.45) is 5.99. The number of carbonyl (C=O) groups excluding carboxylic acids is 1. The van der Waals surface area contributed by atoms with E-state index in [1.807, 2.05) is 0 Å². The van der Waals surface area contributed by atoms with E-state index in [0.29, 0.717) is 6.61 Å². The molecule has 0 heterocycles. The van der Waals surface area contributed by atoms with Crippen molar-refractivity contribution in [2.24, 2.45) is 0 Å². The summed E-state index contributed by atoms with van der Waals surface area (Å²) in [4.78, 5) is 13.5. The molecule has 1 rings (SSSR count). The molecule has 0 aliphatic heterocycles. The van der Waals surface area contributed by atoms with Crippen molar-refractivity contribution in [1.29, 1.82) is 0 Å². The van der Waals surface area contributed by atoms with E-state index < -0.39 is 0 Å². The summed E-state index contributed by atoms with van der Waals surface area (Å²) in [5.74, 6) is -0.0965. The third kappa shape index (κ3) is 4.17. The van der Waals surface area contributed by atoms with Crippen LogP contribution in [-0.2, 0) is 9.53 Å². The molecule has 96 valence electrons. The molecule has 3 nitrogen and oxygen atoms in total. The van der Waals surface area contributed by atoms with Crippen LogP contribution in [0, 0.1) is 0 Å². The van der Waals surface area contributed by atoms with Gasteiger partial charge in [-0.15, -0.1) is 18.2 Å². The molecule has 0 radical (unpaired) electrons. The Morgan fingerprint density at radius 1 is 1.53 bits per heavy atom. The number of allylic oxidation sites excluding steroid dienone is 2. The molecule has 4 heteroatoms. The Balaban J connectivity index is 2.74. The highest BCUT2D eigenvalue weighted by Crippen LogP contribution is 2.27. The van der Waals surface area contributed by atoms with Crippen LogP contribution in [-0.4, -0.2) is 30.0 Å². The number of nitrogens with zero attached hydrogens (tertiary/aromatic N) is 1. The lowest BCUT2D eigenvalue weighted by atomic mass is 9.97. The average molecular weight is 258 g/mol. The van der Waals surface area contributed by atoms with Gasteiger partial charge in [-0.25, -0.2) is 0 Å². The third-order valence-electron chi connectivity index (χ3n) is 2.91. The molecule has 17 heavy (non-hydrogen) atoms. The van der Waals surface area contributed by atoms with Crippen LogP contribution >= 0.6 is 11.6 Å².